The van der Waals surface area contributed by atoms with Crippen molar-refractivity contribution in [2.24, 2.45) is 0 Å². The van der Waals surface area contributed by atoms with Crippen LogP contribution in [0, 0.1) is 0 Å². The molecule has 0 N–H and O–H groups in total. The Morgan fingerprint density at radius 2 is 1.85 bits per heavy atom. The van der Waals surface area contributed by atoms with Gasteiger partial charge in [-0.25, -0.2) is 4.79 Å². The van der Waals surface area contributed by atoms with Gasteiger partial charge in [0.2, 0.25) is 5.43 Å². The summed E-state index contributed by atoms with van der Waals surface area (Å²) < 4.78 is 20.9. The largest absolute Gasteiger partial charge is 0.497 e. The van der Waals surface area contributed by atoms with Crippen molar-refractivity contribution in [1.82, 2.24) is 0 Å². The van der Waals surface area contributed by atoms with Gasteiger partial charge >= 0.3 is 5.97 Å². The molecule has 0 spiro atoms. The van der Waals surface area contributed by atoms with Crippen LogP contribution in [0.3, 0.4) is 0 Å². The van der Waals surface area contributed by atoms with Gasteiger partial charge in [-0.1, -0.05) is 19.1 Å². The minimum atomic E-state index is -0.478. The van der Waals surface area contributed by atoms with Crippen molar-refractivity contribution in [3.8, 4) is 22.6 Å². The van der Waals surface area contributed by atoms with Gasteiger partial charge in [-0.15, -0.1) is 0 Å². The fourth-order valence-electron chi connectivity index (χ4n) is 2.78. The number of methoxy groups -OCH3 is 2. The first-order valence-corrected chi connectivity index (χ1v) is 8.49. The molecule has 0 bridgehead atoms. The zero-order chi connectivity index (χ0) is 19.4. The molecule has 27 heavy (non-hydrogen) atoms. The maximum Gasteiger partial charge on any atom is 0.343 e. The Hall–Kier alpha value is -3.28. The van der Waals surface area contributed by atoms with E-state index in [2.05, 4.69) is 4.74 Å². The molecule has 3 rings (SSSR count). The second-order valence-corrected chi connectivity index (χ2v) is 5.88. The van der Waals surface area contributed by atoms with Crippen molar-refractivity contribution in [2.45, 2.75) is 13.3 Å². The van der Waals surface area contributed by atoms with E-state index in [0.29, 0.717) is 34.5 Å². The number of rotatable bonds is 6. The molecule has 6 heteroatoms. The Kier molecular flexibility index (Phi) is 5.45. The molecule has 0 unspecified atom stereocenters. The van der Waals surface area contributed by atoms with Crippen LogP contribution in [0.1, 0.15) is 12.5 Å². The second-order valence-electron chi connectivity index (χ2n) is 5.88. The van der Waals surface area contributed by atoms with Crippen LogP contribution in [-0.4, -0.2) is 26.8 Å². The predicted octanol–water partition coefficient (Wildman–Crippen LogP) is 3.58. The van der Waals surface area contributed by atoms with Crippen LogP contribution in [0.4, 0.5) is 0 Å². The third kappa shape index (κ3) is 3.79. The van der Waals surface area contributed by atoms with Gasteiger partial charge in [0.1, 0.15) is 23.3 Å². The molecule has 1 aromatic heterocycles. The van der Waals surface area contributed by atoms with Crippen LogP contribution < -0.4 is 14.9 Å². The van der Waals surface area contributed by atoms with Gasteiger partial charge in [0.15, 0.2) is 6.61 Å². The van der Waals surface area contributed by atoms with Crippen molar-refractivity contribution < 1.29 is 23.4 Å². The molecule has 2 aromatic carbocycles. The van der Waals surface area contributed by atoms with E-state index in [-0.39, 0.29) is 12.0 Å². The Balaban J connectivity index is 2.04. The molecule has 1 heterocycles. The maximum atomic E-state index is 13.0. The first-order chi connectivity index (χ1) is 13.1. The number of aryl methyl sites for hydroxylation is 1. The summed E-state index contributed by atoms with van der Waals surface area (Å²) in [4.78, 5) is 24.3. The molecule has 0 aliphatic rings. The second kappa shape index (κ2) is 7.95. The quantitative estimate of drug-likeness (QED) is 0.619. The van der Waals surface area contributed by atoms with Crippen LogP contribution in [0.5, 0.6) is 11.5 Å². The molecule has 0 fully saturated rings. The SMILES string of the molecule is CCc1cc2c(=O)c(-c3ccc(OC)cc3)coc2cc1OCC(=O)OC. The van der Waals surface area contributed by atoms with E-state index in [0.717, 1.165) is 11.1 Å². The van der Waals surface area contributed by atoms with Crippen LogP contribution in [-0.2, 0) is 16.0 Å². The summed E-state index contributed by atoms with van der Waals surface area (Å²) in [6.07, 6.45) is 2.07. The number of hydrogen-bond acceptors (Lipinski definition) is 6. The van der Waals surface area contributed by atoms with E-state index < -0.39 is 5.97 Å². The topological polar surface area (TPSA) is 75.0 Å². The van der Waals surface area contributed by atoms with E-state index in [1.807, 2.05) is 19.1 Å². The molecule has 0 aliphatic heterocycles. The lowest BCUT2D eigenvalue weighted by atomic mass is 10.0. The third-order valence-corrected chi connectivity index (χ3v) is 4.31. The lowest BCUT2D eigenvalue weighted by molar-refractivity contribution is -0.142. The Morgan fingerprint density at radius 3 is 2.48 bits per heavy atom. The number of carbonyl (C=O) groups is 1. The van der Waals surface area contributed by atoms with Crippen molar-refractivity contribution in [3.05, 3.63) is 58.4 Å². The van der Waals surface area contributed by atoms with Crippen LogP contribution in [0.25, 0.3) is 22.1 Å². The van der Waals surface area contributed by atoms with Crippen molar-refractivity contribution in [2.75, 3.05) is 20.8 Å². The van der Waals surface area contributed by atoms with Gasteiger partial charge in [0, 0.05) is 6.07 Å². The highest BCUT2D eigenvalue weighted by Gasteiger charge is 2.14. The number of ether oxygens (including phenoxy) is 3. The normalized spacial score (nSPS) is 10.6. The predicted molar refractivity (Wildman–Crippen MR) is 101 cm³/mol. The summed E-state index contributed by atoms with van der Waals surface area (Å²) in [7, 11) is 2.89. The van der Waals surface area contributed by atoms with E-state index in [1.165, 1.54) is 13.4 Å². The average molecular weight is 368 g/mol. The molecule has 0 atom stereocenters. The Bertz CT molecular complexity index is 1020. The van der Waals surface area contributed by atoms with Gasteiger partial charge < -0.3 is 18.6 Å². The summed E-state index contributed by atoms with van der Waals surface area (Å²) >= 11 is 0. The van der Waals surface area contributed by atoms with Gasteiger partial charge in [-0.2, -0.15) is 0 Å². The molecule has 0 aliphatic carbocycles. The average Bonchev–Trinajstić information content (AvgIpc) is 2.71. The van der Waals surface area contributed by atoms with Gasteiger partial charge in [0.25, 0.3) is 0 Å². The molecule has 140 valence electrons. The van der Waals surface area contributed by atoms with Crippen molar-refractivity contribution in [1.29, 1.82) is 0 Å². The summed E-state index contributed by atoms with van der Waals surface area (Å²) in [5, 5.41) is 0.464. The van der Waals surface area contributed by atoms with Crippen molar-refractivity contribution >= 4 is 16.9 Å². The number of esters is 1. The van der Waals surface area contributed by atoms with E-state index in [9.17, 15) is 9.59 Å². The highest BCUT2D eigenvalue weighted by atomic mass is 16.6. The fourth-order valence-corrected chi connectivity index (χ4v) is 2.78. The highest BCUT2D eigenvalue weighted by Crippen LogP contribution is 2.28. The van der Waals surface area contributed by atoms with Crippen molar-refractivity contribution in [3.63, 3.8) is 0 Å². The zero-order valence-electron chi connectivity index (χ0n) is 15.4. The smallest absolute Gasteiger partial charge is 0.343 e. The van der Waals surface area contributed by atoms with E-state index in [4.69, 9.17) is 13.9 Å². The Morgan fingerprint density at radius 1 is 1.11 bits per heavy atom. The maximum absolute atomic E-state index is 13.0. The van der Waals surface area contributed by atoms with E-state index in [1.54, 1.807) is 31.4 Å². The van der Waals surface area contributed by atoms with E-state index >= 15 is 0 Å². The zero-order valence-corrected chi connectivity index (χ0v) is 15.4. The number of hydrogen-bond donors (Lipinski definition) is 0. The summed E-state index contributed by atoms with van der Waals surface area (Å²) in [6, 6.07) is 10.6. The fraction of sp³-hybridized carbons (Fsp3) is 0.238. The highest BCUT2D eigenvalue weighted by molar-refractivity contribution is 5.84. The monoisotopic (exact) mass is 368 g/mol. The molecule has 0 saturated carbocycles. The molecule has 6 nitrogen and oxygen atoms in total. The minimum absolute atomic E-state index is 0.129. The Labute approximate surface area is 156 Å². The lowest BCUT2D eigenvalue weighted by Gasteiger charge is -2.11. The summed E-state index contributed by atoms with van der Waals surface area (Å²) in [5.41, 5.74) is 2.29. The van der Waals surface area contributed by atoms with Gasteiger partial charge in [-0.05, 0) is 35.7 Å². The third-order valence-electron chi connectivity index (χ3n) is 4.31. The number of benzene rings is 2. The summed E-state index contributed by atoms with van der Waals surface area (Å²) in [6.45, 7) is 1.74. The van der Waals surface area contributed by atoms with Gasteiger partial charge in [0.05, 0.1) is 25.2 Å². The summed E-state index contributed by atoms with van der Waals surface area (Å²) in [5.74, 6) is 0.730. The van der Waals surface area contributed by atoms with Crippen LogP contribution in [0.15, 0.2) is 51.9 Å². The van der Waals surface area contributed by atoms with Crippen LogP contribution in [0.2, 0.25) is 0 Å². The molecule has 0 radical (unpaired) electrons. The van der Waals surface area contributed by atoms with Gasteiger partial charge in [-0.3, -0.25) is 4.79 Å². The lowest BCUT2D eigenvalue weighted by Crippen LogP contribution is -2.13. The van der Waals surface area contributed by atoms with Crippen LogP contribution >= 0.6 is 0 Å². The molecule has 0 saturated heterocycles. The number of fused-ring (bicyclic) bond motifs is 1. The standard InChI is InChI=1S/C21H20O6/c1-4-13-9-16-19(10-18(13)27-12-20(22)25-3)26-11-17(21(16)23)14-5-7-15(24-2)8-6-14/h5-11H,4,12H2,1-3H3. The molecular weight excluding hydrogens is 348 g/mol. The first kappa shape index (κ1) is 18.5. The minimum Gasteiger partial charge on any atom is -0.497 e. The number of carbonyl (C=O) groups excluding carboxylic acids is 1. The first-order valence-electron chi connectivity index (χ1n) is 8.49. The molecular formula is C21H20O6. The molecule has 0 amide bonds. The molecule has 3 aromatic rings.